The standard InChI is InChI=1S/C13H15BrF3NO2/c1-2-5-18(6-7-19)12(20)10-8-9(13(15,16)17)3-4-11(10)14/h3-4,8,19H,2,5-7H2,1H3. The first-order valence-corrected chi connectivity index (χ1v) is 6.87. The lowest BCUT2D eigenvalue weighted by Gasteiger charge is -2.22. The Morgan fingerprint density at radius 1 is 1.35 bits per heavy atom. The second-order valence-corrected chi connectivity index (χ2v) is 5.06. The lowest BCUT2D eigenvalue weighted by Crippen LogP contribution is -2.34. The first kappa shape index (κ1) is 17.0. The Hall–Kier alpha value is -1.08. The lowest BCUT2D eigenvalue weighted by molar-refractivity contribution is -0.137. The van der Waals surface area contributed by atoms with E-state index >= 15 is 0 Å². The molecule has 7 heteroatoms. The van der Waals surface area contributed by atoms with Crippen molar-refractivity contribution in [3.05, 3.63) is 33.8 Å². The predicted octanol–water partition coefficient (Wildman–Crippen LogP) is 3.31. The van der Waals surface area contributed by atoms with Crippen LogP contribution in [0.1, 0.15) is 29.3 Å². The average Bonchev–Trinajstić information content (AvgIpc) is 2.37. The number of aliphatic hydroxyl groups is 1. The van der Waals surface area contributed by atoms with Gasteiger partial charge in [0.25, 0.3) is 5.91 Å². The van der Waals surface area contributed by atoms with E-state index < -0.39 is 17.6 Å². The SMILES string of the molecule is CCCN(CCO)C(=O)c1cc(C(F)(F)F)ccc1Br. The number of amides is 1. The van der Waals surface area contributed by atoms with Crippen molar-refractivity contribution in [3.63, 3.8) is 0 Å². The molecule has 0 unspecified atom stereocenters. The molecule has 0 fully saturated rings. The summed E-state index contributed by atoms with van der Waals surface area (Å²) in [4.78, 5) is 13.6. The van der Waals surface area contributed by atoms with Gasteiger partial charge in [-0.1, -0.05) is 6.92 Å². The minimum absolute atomic E-state index is 0.0540. The van der Waals surface area contributed by atoms with Crippen LogP contribution in [0.4, 0.5) is 13.2 Å². The third-order valence-electron chi connectivity index (χ3n) is 2.67. The summed E-state index contributed by atoms with van der Waals surface area (Å²) < 4.78 is 38.3. The van der Waals surface area contributed by atoms with Gasteiger partial charge in [-0.2, -0.15) is 13.2 Å². The smallest absolute Gasteiger partial charge is 0.395 e. The largest absolute Gasteiger partial charge is 0.416 e. The highest BCUT2D eigenvalue weighted by molar-refractivity contribution is 9.10. The number of hydrogen-bond donors (Lipinski definition) is 1. The summed E-state index contributed by atoms with van der Waals surface area (Å²) in [6.45, 7) is 2.08. The second-order valence-electron chi connectivity index (χ2n) is 4.21. The molecule has 1 rings (SSSR count). The molecule has 0 spiro atoms. The van der Waals surface area contributed by atoms with Gasteiger partial charge in [-0.3, -0.25) is 4.79 Å². The third kappa shape index (κ3) is 4.21. The van der Waals surface area contributed by atoms with Crippen LogP contribution in [-0.2, 0) is 6.18 Å². The van der Waals surface area contributed by atoms with Gasteiger partial charge in [0, 0.05) is 17.6 Å². The second kappa shape index (κ2) is 7.08. The molecule has 0 radical (unpaired) electrons. The van der Waals surface area contributed by atoms with E-state index in [4.69, 9.17) is 5.11 Å². The maximum Gasteiger partial charge on any atom is 0.416 e. The molecule has 1 aromatic rings. The molecule has 0 saturated carbocycles. The molecule has 1 N–H and O–H groups in total. The molecule has 0 aliphatic heterocycles. The topological polar surface area (TPSA) is 40.5 Å². The summed E-state index contributed by atoms with van der Waals surface area (Å²) >= 11 is 3.09. The van der Waals surface area contributed by atoms with Crippen molar-refractivity contribution in [2.24, 2.45) is 0 Å². The maximum atomic E-state index is 12.7. The number of aliphatic hydroxyl groups excluding tert-OH is 1. The van der Waals surface area contributed by atoms with Crippen molar-refractivity contribution in [1.29, 1.82) is 0 Å². The Bertz CT molecular complexity index is 471. The lowest BCUT2D eigenvalue weighted by atomic mass is 10.1. The molecule has 0 aliphatic rings. The van der Waals surface area contributed by atoms with Crippen LogP contribution in [0.15, 0.2) is 22.7 Å². The molecule has 1 amide bonds. The molecule has 3 nitrogen and oxygen atoms in total. The summed E-state index contributed by atoms with van der Waals surface area (Å²) in [6.07, 6.45) is -3.84. The first-order chi connectivity index (χ1) is 9.31. The fourth-order valence-corrected chi connectivity index (χ4v) is 2.16. The molecule has 20 heavy (non-hydrogen) atoms. The van der Waals surface area contributed by atoms with Gasteiger partial charge in [0.2, 0.25) is 0 Å². The summed E-state index contributed by atoms with van der Waals surface area (Å²) in [5, 5.41) is 8.93. The normalized spacial score (nSPS) is 11.5. The van der Waals surface area contributed by atoms with Crippen LogP contribution in [-0.4, -0.2) is 35.6 Å². The zero-order chi connectivity index (χ0) is 15.3. The van der Waals surface area contributed by atoms with Crippen molar-refractivity contribution in [2.75, 3.05) is 19.7 Å². The summed E-state index contributed by atoms with van der Waals surface area (Å²) in [6, 6.07) is 2.95. The molecule has 0 aromatic heterocycles. The third-order valence-corrected chi connectivity index (χ3v) is 3.37. The Morgan fingerprint density at radius 3 is 2.50 bits per heavy atom. The number of hydrogen-bond acceptors (Lipinski definition) is 2. The molecule has 1 aromatic carbocycles. The number of benzene rings is 1. The first-order valence-electron chi connectivity index (χ1n) is 6.08. The number of halogens is 4. The molecule has 0 bridgehead atoms. The van der Waals surface area contributed by atoms with Gasteiger partial charge in [0.15, 0.2) is 0 Å². The van der Waals surface area contributed by atoms with Gasteiger partial charge < -0.3 is 10.0 Å². The van der Waals surface area contributed by atoms with Gasteiger partial charge in [0.05, 0.1) is 17.7 Å². The number of alkyl halides is 3. The molecule has 0 heterocycles. The Labute approximate surface area is 123 Å². The monoisotopic (exact) mass is 353 g/mol. The summed E-state index contributed by atoms with van der Waals surface area (Å²) in [5.74, 6) is -0.529. The molecule has 0 saturated heterocycles. The summed E-state index contributed by atoms with van der Waals surface area (Å²) in [5.41, 5.74) is -0.925. The van der Waals surface area contributed by atoms with E-state index in [-0.39, 0.29) is 18.7 Å². The maximum absolute atomic E-state index is 12.7. The average molecular weight is 354 g/mol. The highest BCUT2D eigenvalue weighted by Gasteiger charge is 2.32. The van der Waals surface area contributed by atoms with Crippen LogP contribution in [0.2, 0.25) is 0 Å². The van der Waals surface area contributed by atoms with Crippen molar-refractivity contribution in [2.45, 2.75) is 19.5 Å². The zero-order valence-electron chi connectivity index (χ0n) is 10.9. The van der Waals surface area contributed by atoms with E-state index in [0.717, 1.165) is 12.1 Å². The van der Waals surface area contributed by atoms with Gasteiger partial charge in [-0.15, -0.1) is 0 Å². The van der Waals surface area contributed by atoms with Gasteiger partial charge >= 0.3 is 6.18 Å². The van der Waals surface area contributed by atoms with Crippen LogP contribution < -0.4 is 0 Å². The van der Waals surface area contributed by atoms with E-state index in [1.165, 1.54) is 11.0 Å². The van der Waals surface area contributed by atoms with Gasteiger partial charge in [-0.05, 0) is 40.5 Å². The molecular formula is C13H15BrF3NO2. The Kier molecular flexibility index (Phi) is 6.01. The van der Waals surface area contributed by atoms with Crippen LogP contribution >= 0.6 is 15.9 Å². The summed E-state index contributed by atoms with van der Waals surface area (Å²) in [7, 11) is 0. The fourth-order valence-electron chi connectivity index (χ4n) is 1.74. The zero-order valence-corrected chi connectivity index (χ0v) is 12.5. The highest BCUT2D eigenvalue weighted by atomic mass is 79.9. The van der Waals surface area contributed by atoms with Gasteiger partial charge in [-0.25, -0.2) is 0 Å². The van der Waals surface area contributed by atoms with E-state index in [0.29, 0.717) is 17.4 Å². The number of carbonyl (C=O) groups is 1. The molecular weight excluding hydrogens is 339 g/mol. The predicted molar refractivity (Wildman–Crippen MR) is 72.4 cm³/mol. The van der Waals surface area contributed by atoms with Crippen LogP contribution in [0.5, 0.6) is 0 Å². The van der Waals surface area contributed by atoms with Gasteiger partial charge in [0.1, 0.15) is 0 Å². The van der Waals surface area contributed by atoms with E-state index in [2.05, 4.69) is 15.9 Å². The number of nitrogens with zero attached hydrogens (tertiary/aromatic N) is 1. The molecule has 0 atom stereocenters. The van der Waals surface area contributed by atoms with Crippen molar-refractivity contribution in [3.8, 4) is 0 Å². The van der Waals surface area contributed by atoms with E-state index in [9.17, 15) is 18.0 Å². The fraction of sp³-hybridized carbons (Fsp3) is 0.462. The number of carbonyl (C=O) groups excluding carboxylic acids is 1. The minimum atomic E-state index is -4.50. The minimum Gasteiger partial charge on any atom is -0.395 e. The van der Waals surface area contributed by atoms with Crippen molar-refractivity contribution >= 4 is 21.8 Å². The van der Waals surface area contributed by atoms with E-state index in [1.807, 2.05) is 6.92 Å². The Morgan fingerprint density at radius 2 is 2.00 bits per heavy atom. The van der Waals surface area contributed by atoms with Crippen molar-refractivity contribution < 1.29 is 23.1 Å². The quantitative estimate of drug-likeness (QED) is 0.882. The highest BCUT2D eigenvalue weighted by Crippen LogP contribution is 2.32. The van der Waals surface area contributed by atoms with Crippen LogP contribution in [0, 0.1) is 0 Å². The molecule has 112 valence electrons. The number of rotatable bonds is 5. The van der Waals surface area contributed by atoms with Crippen LogP contribution in [0.3, 0.4) is 0 Å². The Balaban J connectivity index is 3.13. The van der Waals surface area contributed by atoms with Crippen molar-refractivity contribution in [1.82, 2.24) is 4.90 Å². The molecule has 0 aliphatic carbocycles. The van der Waals surface area contributed by atoms with Crippen LogP contribution in [0.25, 0.3) is 0 Å². The van der Waals surface area contributed by atoms with E-state index in [1.54, 1.807) is 0 Å².